The van der Waals surface area contributed by atoms with Gasteiger partial charge >= 0.3 is 0 Å². The Labute approximate surface area is 98.0 Å². The molecular formula is C10H22N2O3S. The third kappa shape index (κ3) is 3.41. The number of sulfonamides is 1. The first-order valence-electron chi connectivity index (χ1n) is 5.71. The molecule has 0 amide bonds. The van der Waals surface area contributed by atoms with E-state index in [-0.39, 0.29) is 11.2 Å². The van der Waals surface area contributed by atoms with E-state index >= 15 is 0 Å². The maximum atomic E-state index is 12.2. The van der Waals surface area contributed by atoms with Gasteiger partial charge in [-0.3, -0.25) is 0 Å². The second-order valence-electron chi connectivity index (χ2n) is 4.48. The van der Waals surface area contributed by atoms with E-state index in [9.17, 15) is 8.42 Å². The molecule has 1 aliphatic heterocycles. The lowest BCUT2D eigenvalue weighted by Crippen LogP contribution is -2.41. The highest BCUT2D eigenvalue weighted by Crippen LogP contribution is 2.19. The number of nitrogens with two attached hydrogens (primary N) is 1. The smallest absolute Gasteiger partial charge is 0.216 e. The molecule has 2 N–H and O–H groups in total. The van der Waals surface area contributed by atoms with Crippen LogP contribution in [0.4, 0.5) is 0 Å². The van der Waals surface area contributed by atoms with Crippen LogP contribution in [0.5, 0.6) is 0 Å². The van der Waals surface area contributed by atoms with Crippen LogP contribution in [0.3, 0.4) is 0 Å². The molecule has 1 unspecified atom stereocenters. The molecule has 0 saturated carbocycles. The first kappa shape index (κ1) is 13.9. The molecule has 0 spiro atoms. The van der Waals surface area contributed by atoms with E-state index in [4.69, 9.17) is 10.5 Å². The zero-order valence-corrected chi connectivity index (χ0v) is 10.9. The summed E-state index contributed by atoms with van der Waals surface area (Å²) in [7, 11) is -1.53. The predicted molar refractivity (Wildman–Crippen MR) is 63.6 cm³/mol. The zero-order chi connectivity index (χ0) is 12.2. The molecule has 0 aliphatic carbocycles. The third-order valence-corrected chi connectivity index (χ3v) is 5.33. The summed E-state index contributed by atoms with van der Waals surface area (Å²) < 4.78 is 31.0. The largest absolute Gasteiger partial charge is 0.381 e. The van der Waals surface area contributed by atoms with Gasteiger partial charge in [0.1, 0.15) is 0 Å². The summed E-state index contributed by atoms with van der Waals surface area (Å²) in [4.78, 5) is 0. The van der Waals surface area contributed by atoms with Crippen molar-refractivity contribution in [3.05, 3.63) is 0 Å². The van der Waals surface area contributed by atoms with Crippen LogP contribution >= 0.6 is 0 Å². The van der Waals surface area contributed by atoms with Gasteiger partial charge in [-0.2, -0.15) is 0 Å². The summed E-state index contributed by atoms with van der Waals surface area (Å²) in [5.41, 5.74) is 5.50. The van der Waals surface area contributed by atoms with Crippen molar-refractivity contribution in [1.29, 1.82) is 0 Å². The molecule has 1 aliphatic rings. The van der Waals surface area contributed by atoms with Crippen molar-refractivity contribution in [3.63, 3.8) is 0 Å². The number of rotatable bonds is 5. The summed E-state index contributed by atoms with van der Waals surface area (Å²) >= 11 is 0. The highest BCUT2D eigenvalue weighted by atomic mass is 32.2. The minimum Gasteiger partial charge on any atom is -0.381 e. The van der Waals surface area contributed by atoms with Crippen LogP contribution in [0.2, 0.25) is 0 Å². The Morgan fingerprint density at radius 1 is 1.44 bits per heavy atom. The second kappa shape index (κ2) is 5.95. The van der Waals surface area contributed by atoms with Gasteiger partial charge in [0.2, 0.25) is 10.0 Å². The van der Waals surface area contributed by atoms with Gasteiger partial charge in [-0.15, -0.1) is 0 Å². The average Bonchev–Trinajstić information content (AvgIpc) is 2.29. The predicted octanol–water partition coefficient (Wildman–Crippen LogP) is 0.0218. The van der Waals surface area contributed by atoms with Crippen molar-refractivity contribution in [2.75, 3.05) is 33.4 Å². The highest BCUT2D eigenvalue weighted by Gasteiger charge is 2.31. The summed E-state index contributed by atoms with van der Waals surface area (Å²) in [5, 5.41) is -0.281. The summed E-state index contributed by atoms with van der Waals surface area (Å²) in [6.45, 7) is 4.05. The van der Waals surface area contributed by atoms with Crippen molar-refractivity contribution in [2.45, 2.75) is 25.0 Å². The Balaban J connectivity index is 2.61. The first-order valence-corrected chi connectivity index (χ1v) is 7.21. The maximum Gasteiger partial charge on any atom is 0.216 e. The van der Waals surface area contributed by atoms with Crippen LogP contribution < -0.4 is 5.73 Å². The van der Waals surface area contributed by atoms with Gasteiger partial charge in [-0.05, 0) is 25.3 Å². The van der Waals surface area contributed by atoms with E-state index in [1.165, 1.54) is 4.31 Å². The summed E-state index contributed by atoms with van der Waals surface area (Å²) in [5.74, 6) is 0.194. The molecule has 1 fully saturated rings. The molecule has 0 bridgehead atoms. The lowest BCUT2D eigenvalue weighted by atomic mass is 10.2. The SMILES string of the molecule is CC(CN)CN(C)S(=O)(=O)C1CCOCC1. The Kier molecular flexibility index (Phi) is 5.17. The minimum atomic E-state index is -3.17. The first-order chi connectivity index (χ1) is 7.48. The Hall–Kier alpha value is -0.170. The van der Waals surface area contributed by atoms with Crippen molar-refractivity contribution >= 4 is 10.0 Å². The third-order valence-electron chi connectivity index (χ3n) is 3.00. The van der Waals surface area contributed by atoms with Crippen LogP contribution in [-0.2, 0) is 14.8 Å². The lowest BCUT2D eigenvalue weighted by Gasteiger charge is -2.28. The molecule has 1 heterocycles. The lowest BCUT2D eigenvalue weighted by molar-refractivity contribution is 0.0973. The standard InChI is InChI=1S/C10H22N2O3S/c1-9(7-11)8-12(2)16(13,14)10-3-5-15-6-4-10/h9-10H,3-8,11H2,1-2H3. The fraction of sp³-hybridized carbons (Fsp3) is 1.00. The molecule has 0 radical (unpaired) electrons. The van der Waals surface area contributed by atoms with Crippen LogP contribution in [-0.4, -0.2) is 51.3 Å². The fourth-order valence-electron chi connectivity index (χ4n) is 1.85. The second-order valence-corrected chi connectivity index (χ2v) is 6.80. The van der Waals surface area contributed by atoms with Crippen molar-refractivity contribution < 1.29 is 13.2 Å². The highest BCUT2D eigenvalue weighted by molar-refractivity contribution is 7.89. The van der Waals surface area contributed by atoms with Crippen LogP contribution in [0.25, 0.3) is 0 Å². The quantitative estimate of drug-likeness (QED) is 0.746. The monoisotopic (exact) mass is 250 g/mol. The minimum absolute atomic E-state index is 0.194. The van der Waals surface area contributed by atoms with Gasteiger partial charge in [0.15, 0.2) is 0 Å². The van der Waals surface area contributed by atoms with Crippen LogP contribution in [0.1, 0.15) is 19.8 Å². The van der Waals surface area contributed by atoms with E-state index in [0.717, 1.165) is 0 Å². The average molecular weight is 250 g/mol. The molecule has 0 aromatic carbocycles. The molecule has 1 rings (SSSR count). The summed E-state index contributed by atoms with van der Waals surface area (Å²) in [6, 6.07) is 0. The van der Waals surface area contributed by atoms with Gasteiger partial charge in [0.25, 0.3) is 0 Å². The number of hydrogen-bond acceptors (Lipinski definition) is 4. The van der Waals surface area contributed by atoms with Crippen LogP contribution in [0.15, 0.2) is 0 Å². The van der Waals surface area contributed by atoms with Gasteiger partial charge in [0, 0.05) is 26.8 Å². The van der Waals surface area contributed by atoms with Crippen molar-refractivity contribution in [3.8, 4) is 0 Å². The van der Waals surface area contributed by atoms with Gasteiger partial charge in [-0.1, -0.05) is 6.92 Å². The molecule has 5 nitrogen and oxygen atoms in total. The molecule has 16 heavy (non-hydrogen) atoms. The van der Waals surface area contributed by atoms with E-state index in [0.29, 0.717) is 39.1 Å². The van der Waals surface area contributed by atoms with E-state index in [1.54, 1.807) is 7.05 Å². The van der Waals surface area contributed by atoms with Gasteiger partial charge in [0.05, 0.1) is 5.25 Å². The number of hydrogen-bond donors (Lipinski definition) is 1. The molecule has 6 heteroatoms. The molecule has 0 aromatic rings. The Morgan fingerprint density at radius 3 is 2.50 bits per heavy atom. The zero-order valence-electron chi connectivity index (χ0n) is 10.1. The Morgan fingerprint density at radius 2 is 2.00 bits per heavy atom. The van der Waals surface area contributed by atoms with Crippen molar-refractivity contribution in [1.82, 2.24) is 4.31 Å². The molecule has 0 aromatic heterocycles. The topological polar surface area (TPSA) is 72.6 Å². The fourth-order valence-corrected chi connectivity index (χ4v) is 3.61. The van der Waals surface area contributed by atoms with Crippen LogP contribution in [0, 0.1) is 5.92 Å². The van der Waals surface area contributed by atoms with E-state index in [2.05, 4.69) is 0 Å². The van der Waals surface area contributed by atoms with Gasteiger partial charge in [-0.25, -0.2) is 12.7 Å². The molecule has 1 saturated heterocycles. The normalized spacial score (nSPS) is 21.2. The van der Waals surface area contributed by atoms with Crippen molar-refractivity contribution in [2.24, 2.45) is 11.7 Å². The van der Waals surface area contributed by atoms with E-state index in [1.807, 2.05) is 6.92 Å². The molecule has 96 valence electrons. The number of ether oxygens (including phenoxy) is 1. The molecule has 1 atom stereocenters. The molecular weight excluding hydrogens is 228 g/mol. The van der Waals surface area contributed by atoms with Gasteiger partial charge < -0.3 is 10.5 Å². The maximum absolute atomic E-state index is 12.2. The number of nitrogens with zero attached hydrogens (tertiary/aromatic N) is 1. The Bertz CT molecular complexity index is 299. The van der Waals surface area contributed by atoms with E-state index < -0.39 is 10.0 Å². The summed E-state index contributed by atoms with van der Waals surface area (Å²) in [6.07, 6.45) is 1.20.